The quantitative estimate of drug-likeness (QED) is 0.814. The second kappa shape index (κ2) is 5.44. The Kier molecular flexibility index (Phi) is 3.66. The number of aliphatic hydroxyl groups is 1. The van der Waals surface area contributed by atoms with Crippen molar-refractivity contribution in [2.45, 2.75) is 50.7 Å². The highest BCUT2D eigenvalue weighted by Gasteiger charge is 2.32. The van der Waals surface area contributed by atoms with E-state index in [2.05, 4.69) is 4.90 Å². The fourth-order valence-corrected chi connectivity index (χ4v) is 3.51. The van der Waals surface area contributed by atoms with E-state index in [9.17, 15) is 9.90 Å². The number of fused-ring (bicyclic) bond motifs is 1. The highest BCUT2D eigenvalue weighted by Crippen LogP contribution is 2.34. The summed E-state index contributed by atoms with van der Waals surface area (Å²) < 4.78 is 0. The average molecular weight is 275 g/mol. The van der Waals surface area contributed by atoms with Gasteiger partial charge in [0.25, 0.3) is 0 Å². The topological polar surface area (TPSA) is 60.8 Å². The van der Waals surface area contributed by atoms with Gasteiger partial charge in [-0.2, -0.15) is 0 Å². The van der Waals surface area contributed by atoms with Crippen molar-refractivity contribution in [2.75, 3.05) is 11.4 Å². The summed E-state index contributed by atoms with van der Waals surface area (Å²) in [5, 5.41) is 19.5. The summed E-state index contributed by atoms with van der Waals surface area (Å²) in [4.78, 5) is 13.4. The molecule has 1 saturated carbocycles. The average Bonchev–Trinajstić information content (AvgIpc) is 2.73. The Bertz CT molecular complexity index is 514. The molecule has 1 fully saturated rings. The van der Waals surface area contributed by atoms with Crippen molar-refractivity contribution in [3.63, 3.8) is 0 Å². The van der Waals surface area contributed by atoms with E-state index < -0.39 is 5.97 Å². The molecule has 4 heteroatoms. The van der Waals surface area contributed by atoms with Crippen molar-refractivity contribution < 1.29 is 15.0 Å². The van der Waals surface area contributed by atoms with Gasteiger partial charge in [0.15, 0.2) is 0 Å². The van der Waals surface area contributed by atoms with Gasteiger partial charge in [0.2, 0.25) is 0 Å². The third-order valence-corrected chi connectivity index (χ3v) is 4.61. The summed E-state index contributed by atoms with van der Waals surface area (Å²) in [5.74, 6) is -0.888. The van der Waals surface area contributed by atoms with E-state index in [-0.39, 0.29) is 12.1 Å². The Morgan fingerprint density at radius 3 is 2.80 bits per heavy atom. The predicted octanol–water partition coefficient (Wildman–Crippen LogP) is 2.44. The van der Waals surface area contributed by atoms with Gasteiger partial charge < -0.3 is 15.1 Å². The Labute approximate surface area is 119 Å². The largest absolute Gasteiger partial charge is 0.478 e. The van der Waals surface area contributed by atoms with E-state index in [1.807, 2.05) is 6.07 Å². The van der Waals surface area contributed by atoms with E-state index in [0.29, 0.717) is 5.56 Å². The van der Waals surface area contributed by atoms with Crippen LogP contribution in [0, 0.1) is 0 Å². The SMILES string of the molecule is O=C(O)c1ccc2c(c1)N(C1CCCCCC1O)CC2. The van der Waals surface area contributed by atoms with Crippen molar-refractivity contribution in [1.82, 2.24) is 0 Å². The zero-order valence-electron chi connectivity index (χ0n) is 11.6. The maximum absolute atomic E-state index is 11.1. The summed E-state index contributed by atoms with van der Waals surface area (Å²) in [6.45, 7) is 0.889. The summed E-state index contributed by atoms with van der Waals surface area (Å²) in [5.41, 5.74) is 2.54. The third kappa shape index (κ3) is 2.40. The number of carbonyl (C=O) groups is 1. The van der Waals surface area contributed by atoms with Gasteiger partial charge in [-0.1, -0.05) is 25.3 Å². The molecule has 2 N–H and O–H groups in total. The van der Waals surface area contributed by atoms with E-state index in [0.717, 1.165) is 44.3 Å². The number of aliphatic hydroxyl groups excluding tert-OH is 1. The minimum atomic E-state index is -0.888. The Balaban J connectivity index is 1.90. The molecule has 0 radical (unpaired) electrons. The maximum Gasteiger partial charge on any atom is 0.335 e. The highest BCUT2D eigenvalue weighted by molar-refractivity contribution is 5.89. The van der Waals surface area contributed by atoms with Crippen molar-refractivity contribution in [3.8, 4) is 0 Å². The van der Waals surface area contributed by atoms with Gasteiger partial charge in [0, 0.05) is 12.2 Å². The number of carboxylic acid groups (broad SMARTS) is 1. The third-order valence-electron chi connectivity index (χ3n) is 4.61. The van der Waals surface area contributed by atoms with E-state index in [1.54, 1.807) is 12.1 Å². The Morgan fingerprint density at radius 1 is 1.20 bits per heavy atom. The first kappa shape index (κ1) is 13.4. The molecule has 0 spiro atoms. The number of carboxylic acids is 1. The van der Waals surface area contributed by atoms with Crippen molar-refractivity contribution >= 4 is 11.7 Å². The molecular weight excluding hydrogens is 254 g/mol. The van der Waals surface area contributed by atoms with Crippen molar-refractivity contribution in [3.05, 3.63) is 29.3 Å². The van der Waals surface area contributed by atoms with E-state index in [4.69, 9.17) is 5.11 Å². The molecule has 1 heterocycles. The number of hydrogen-bond donors (Lipinski definition) is 2. The molecule has 20 heavy (non-hydrogen) atoms. The lowest BCUT2D eigenvalue weighted by atomic mass is 10.0. The molecule has 0 bridgehead atoms. The van der Waals surface area contributed by atoms with Crippen LogP contribution in [0.5, 0.6) is 0 Å². The summed E-state index contributed by atoms with van der Waals surface area (Å²) in [6, 6.07) is 5.50. The van der Waals surface area contributed by atoms with Gasteiger partial charge in [0.05, 0.1) is 17.7 Å². The molecule has 4 nitrogen and oxygen atoms in total. The molecule has 2 aliphatic rings. The number of hydrogen-bond acceptors (Lipinski definition) is 3. The van der Waals surface area contributed by atoms with Gasteiger partial charge in [-0.3, -0.25) is 0 Å². The molecule has 2 atom stereocenters. The molecule has 0 amide bonds. The van der Waals surface area contributed by atoms with Crippen LogP contribution in [0.1, 0.15) is 48.0 Å². The minimum absolute atomic E-state index is 0.141. The molecule has 3 rings (SSSR count). The molecule has 0 saturated heterocycles. The molecular formula is C16H21NO3. The monoisotopic (exact) mass is 275 g/mol. The normalized spacial score (nSPS) is 26.1. The lowest BCUT2D eigenvalue weighted by Gasteiger charge is -2.33. The van der Waals surface area contributed by atoms with Gasteiger partial charge in [-0.05, 0) is 37.0 Å². The molecule has 1 aromatic carbocycles. The Hall–Kier alpha value is -1.55. The molecule has 1 aromatic rings. The fraction of sp³-hybridized carbons (Fsp3) is 0.562. The smallest absolute Gasteiger partial charge is 0.335 e. The van der Waals surface area contributed by atoms with Crippen LogP contribution < -0.4 is 4.90 Å². The molecule has 0 aromatic heterocycles. The van der Waals surface area contributed by atoms with Crippen LogP contribution in [0.2, 0.25) is 0 Å². The van der Waals surface area contributed by atoms with Gasteiger partial charge >= 0.3 is 5.97 Å². The first-order valence-electron chi connectivity index (χ1n) is 7.48. The zero-order chi connectivity index (χ0) is 14.1. The number of aromatic carboxylic acids is 1. The lowest BCUT2D eigenvalue weighted by Crippen LogP contribution is -2.42. The van der Waals surface area contributed by atoms with Crippen LogP contribution in [0.4, 0.5) is 5.69 Å². The van der Waals surface area contributed by atoms with Crippen LogP contribution in [-0.2, 0) is 6.42 Å². The second-order valence-electron chi connectivity index (χ2n) is 5.86. The number of rotatable bonds is 2. The minimum Gasteiger partial charge on any atom is -0.478 e. The first-order chi connectivity index (χ1) is 9.66. The van der Waals surface area contributed by atoms with Gasteiger partial charge in [0.1, 0.15) is 0 Å². The first-order valence-corrected chi connectivity index (χ1v) is 7.48. The number of benzene rings is 1. The Morgan fingerprint density at radius 2 is 2.00 bits per heavy atom. The van der Waals surface area contributed by atoms with Gasteiger partial charge in [-0.25, -0.2) is 4.79 Å². The van der Waals surface area contributed by atoms with Crippen molar-refractivity contribution in [2.24, 2.45) is 0 Å². The molecule has 2 unspecified atom stereocenters. The second-order valence-corrected chi connectivity index (χ2v) is 5.86. The maximum atomic E-state index is 11.1. The van der Waals surface area contributed by atoms with Gasteiger partial charge in [-0.15, -0.1) is 0 Å². The molecule has 1 aliphatic heterocycles. The highest BCUT2D eigenvalue weighted by atomic mass is 16.4. The van der Waals surface area contributed by atoms with Crippen LogP contribution in [0.3, 0.4) is 0 Å². The van der Waals surface area contributed by atoms with E-state index in [1.165, 1.54) is 12.0 Å². The van der Waals surface area contributed by atoms with Crippen LogP contribution >= 0.6 is 0 Å². The van der Waals surface area contributed by atoms with E-state index >= 15 is 0 Å². The summed E-state index contributed by atoms with van der Waals surface area (Å²) in [6.07, 6.45) is 5.92. The van der Waals surface area contributed by atoms with Crippen LogP contribution in [0.25, 0.3) is 0 Å². The van der Waals surface area contributed by atoms with Crippen LogP contribution in [-0.4, -0.2) is 34.9 Å². The predicted molar refractivity (Wildman–Crippen MR) is 77.3 cm³/mol. The number of nitrogens with zero attached hydrogens (tertiary/aromatic N) is 1. The van der Waals surface area contributed by atoms with Crippen molar-refractivity contribution in [1.29, 1.82) is 0 Å². The number of anilines is 1. The standard InChI is InChI=1S/C16H21NO3/c18-15-5-3-1-2-4-13(15)17-9-8-11-6-7-12(16(19)20)10-14(11)17/h6-7,10,13,15,18H,1-5,8-9H2,(H,19,20). The molecule has 1 aliphatic carbocycles. The summed E-state index contributed by atoms with van der Waals surface area (Å²) in [7, 11) is 0. The molecule has 108 valence electrons. The fourth-order valence-electron chi connectivity index (χ4n) is 3.51. The lowest BCUT2D eigenvalue weighted by molar-refractivity contribution is 0.0697. The zero-order valence-corrected chi connectivity index (χ0v) is 11.6. The van der Waals surface area contributed by atoms with Crippen LogP contribution in [0.15, 0.2) is 18.2 Å². The summed E-state index contributed by atoms with van der Waals surface area (Å²) >= 11 is 0.